The minimum Gasteiger partial charge on any atom is -0.356 e. The highest BCUT2D eigenvalue weighted by Gasteiger charge is 2.47. The van der Waals surface area contributed by atoms with Crippen molar-refractivity contribution in [3.05, 3.63) is 72.2 Å². The Labute approximate surface area is 185 Å². The van der Waals surface area contributed by atoms with Crippen molar-refractivity contribution in [1.82, 2.24) is 24.8 Å². The van der Waals surface area contributed by atoms with Crippen LogP contribution in [0.5, 0.6) is 0 Å². The molecule has 1 fully saturated rings. The normalized spacial score (nSPS) is 19.2. The molecule has 1 saturated heterocycles. The SMILES string of the molecule is N#Cc1ccc(N2CCC3(CC2)O[C@H](C(=O)NCc2cccnc2)Cn2ccnc23)nc1. The largest absolute Gasteiger partial charge is 0.356 e. The number of nitriles is 1. The predicted molar refractivity (Wildman–Crippen MR) is 115 cm³/mol. The molecule has 5 rings (SSSR count). The number of hydrogen-bond donors (Lipinski definition) is 1. The number of imidazole rings is 1. The number of anilines is 1. The molecule has 0 aromatic carbocycles. The van der Waals surface area contributed by atoms with E-state index < -0.39 is 11.7 Å². The number of nitrogens with one attached hydrogen (secondary N) is 1. The molecule has 9 nitrogen and oxygen atoms in total. The number of nitrogens with zero attached hydrogens (tertiary/aromatic N) is 6. The Balaban J connectivity index is 1.29. The molecule has 0 bridgehead atoms. The maximum absolute atomic E-state index is 12.9. The van der Waals surface area contributed by atoms with Gasteiger partial charge in [-0.1, -0.05) is 6.07 Å². The fourth-order valence-electron chi connectivity index (χ4n) is 4.42. The fourth-order valence-corrected chi connectivity index (χ4v) is 4.42. The molecule has 32 heavy (non-hydrogen) atoms. The smallest absolute Gasteiger partial charge is 0.251 e. The first-order valence-corrected chi connectivity index (χ1v) is 10.6. The highest BCUT2D eigenvalue weighted by atomic mass is 16.5. The standard InChI is InChI=1S/C23H23N7O2/c24-12-17-3-4-20(27-14-17)29-9-5-23(6-10-29)22-26-8-11-30(22)16-19(32-23)21(31)28-15-18-2-1-7-25-13-18/h1-4,7-8,11,13-14,19H,5-6,9-10,15-16H2,(H,28,31)/t19-/m0/s1. The highest BCUT2D eigenvalue weighted by molar-refractivity contribution is 5.81. The number of piperidine rings is 1. The van der Waals surface area contributed by atoms with E-state index in [9.17, 15) is 4.79 Å². The van der Waals surface area contributed by atoms with Crippen LogP contribution < -0.4 is 10.2 Å². The molecule has 0 unspecified atom stereocenters. The van der Waals surface area contributed by atoms with E-state index in [4.69, 9.17) is 10.00 Å². The third-order valence-corrected chi connectivity index (χ3v) is 6.11. The molecule has 3 aromatic heterocycles. The summed E-state index contributed by atoms with van der Waals surface area (Å²) in [6.45, 7) is 2.29. The van der Waals surface area contributed by atoms with Crippen LogP contribution in [0.4, 0.5) is 5.82 Å². The summed E-state index contributed by atoms with van der Waals surface area (Å²) in [5.74, 6) is 1.58. The zero-order valence-corrected chi connectivity index (χ0v) is 17.5. The summed E-state index contributed by atoms with van der Waals surface area (Å²) in [4.78, 5) is 28.2. The first-order valence-electron chi connectivity index (χ1n) is 10.6. The minimum atomic E-state index is -0.610. The lowest BCUT2D eigenvalue weighted by Crippen LogP contribution is -2.54. The Hall–Kier alpha value is -3.77. The van der Waals surface area contributed by atoms with E-state index in [1.807, 2.05) is 29.0 Å². The van der Waals surface area contributed by atoms with Gasteiger partial charge in [-0.15, -0.1) is 0 Å². The van der Waals surface area contributed by atoms with Crippen molar-refractivity contribution in [2.45, 2.75) is 37.6 Å². The van der Waals surface area contributed by atoms with Gasteiger partial charge in [0.05, 0.1) is 12.1 Å². The van der Waals surface area contributed by atoms with E-state index in [0.717, 1.165) is 30.3 Å². The number of rotatable bonds is 4. The maximum atomic E-state index is 12.9. The Bertz CT molecular complexity index is 1130. The van der Waals surface area contributed by atoms with Crippen molar-refractivity contribution in [3.8, 4) is 6.07 Å². The van der Waals surface area contributed by atoms with Gasteiger partial charge in [-0.05, 0) is 23.8 Å². The van der Waals surface area contributed by atoms with E-state index >= 15 is 0 Å². The summed E-state index contributed by atoms with van der Waals surface area (Å²) >= 11 is 0. The Morgan fingerprint density at radius 3 is 2.81 bits per heavy atom. The van der Waals surface area contributed by atoms with E-state index in [-0.39, 0.29) is 5.91 Å². The first-order chi connectivity index (χ1) is 15.7. The van der Waals surface area contributed by atoms with Gasteiger partial charge in [-0.25, -0.2) is 9.97 Å². The molecule has 0 radical (unpaired) electrons. The number of carbonyl (C=O) groups excluding carboxylic acids is 1. The van der Waals surface area contributed by atoms with Gasteiger partial charge in [-0.3, -0.25) is 9.78 Å². The molecule has 0 aliphatic carbocycles. The number of ether oxygens (including phenoxy) is 1. The Morgan fingerprint density at radius 2 is 2.09 bits per heavy atom. The van der Waals surface area contributed by atoms with Gasteiger partial charge in [0.15, 0.2) is 6.10 Å². The lowest BCUT2D eigenvalue weighted by atomic mass is 9.88. The Kier molecular flexibility index (Phi) is 5.29. The summed E-state index contributed by atoms with van der Waals surface area (Å²) in [5.41, 5.74) is 0.874. The Morgan fingerprint density at radius 1 is 1.22 bits per heavy atom. The van der Waals surface area contributed by atoms with Gasteiger partial charge in [0.25, 0.3) is 5.91 Å². The van der Waals surface area contributed by atoms with Crippen LogP contribution in [0.1, 0.15) is 29.8 Å². The molecule has 2 aliphatic heterocycles. The lowest BCUT2D eigenvalue weighted by molar-refractivity contribution is -0.167. The average molecular weight is 429 g/mol. The minimum absolute atomic E-state index is 0.135. The van der Waals surface area contributed by atoms with Crippen LogP contribution in [0.25, 0.3) is 0 Å². The van der Waals surface area contributed by atoms with Gasteiger partial charge in [0, 0.05) is 63.5 Å². The summed E-state index contributed by atoms with van der Waals surface area (Å²) in [6.07, 6.45) is 9.51. The lowest BCUT2D eigenvalue weighted by Gasteiger charge is -2.45. The van der Waals surface area contributed by atoms with Gasteiger partial charge in [0.2, 0.25) is 0 Å². The summed E-state index contributed by atoms with van der Waals surface area (Å²) in [7, 11) is 0. The number of pyridine rings is 2. The number of aromatic nitrogens is 4. The third kappa shape index (κ3) is 3.81. The quantitative estimate of drug-likeness (QED) is 0.673. The topological polar surface area (TPSA) is 109 Å². The summed E-state index contributed by atoms with van der Waals surface area (Å²) in [5, 5.41) is 12.0. The number of fused-ring (bicyclic) bond motifs is 2. The molecule has 162 valence electrons. The highest BCUT2D eigenvalue weighted by Crippen LogP contribution is 2.40. The molecule has 2 aliphatic rings. The molecular formula is C23H23N7O2. The maximum Gasteiger partial charge on any atom is 0.251 e. The van der Waals surface area contributed by atoms with E-state index in [1.54, 1.807) is 30.9 Å². The van der Waals surface area contributed by atoms with E-state index in [0.29, 0.717) is 31.5 Å². The molecular weight excluding hydrogens is 406 g/mol. The summed E-state index contributed by atoms with van der Waals surface area (Å²) < 4.78 is 8.50. The van der Waals surface area contributed by atoms with Crippen LogP contribution in [0.2, 0.25) is 0 Å². The fraction of sp³-hybridized carbons (Fsp3) is 0.348. The molecule has 1 amide bonds. The number of amides is 1. The van der Waals surface area contributed by atoms with Gasteiger partial charge in [0.1, 0.15) is 23.3 Å². The van der Waals surface area contributed by atoms with Crippen molar-refractivity contribution in [3.63, 3.8) is 0 Å². The zero-order chi connectivity index (χ0) is 22.0. The molecule has 0 saturated carbocycles. The van der Waals surface area contributed by atoms with Crippen LogP contribution in [-0.2, 0) is 28.2 Å². The number of carbonyl (C=O) groups is 1. The van der Waals surface area contributed by atoms with E-state index in [2.05, 4.69) is 31.2 Å². The monoisotopic (exact) mass is 429 g/mol. The van der Waals surface area contributed by atoms with Crippen LogP contribution in [-0.4, -0.2) is 44.6 Å². The zero-order valence-electron chi connectivity index (χ0n) is 17.5. The van der Waals surface area contributed by atoms with Gasteiger partial charge < -0.3 is 19.5 Å². The van der Waals surface area contributed by atoms with Gasteiger partial charge >= 0.3 is 0 Å². The van der Waals surface area contributed by atoms with Crippen LogP contribution >= 0.6 is 0 Å². The second-order valence-corrected chi connectivity index (χ2v) is 8.09. The van der Waals surface area contributed by atoms with E-state index in [1.165, 1.54) is 0 Å². The van der Waals surface area contributed by atoms with Crippen molar-refractivity contribution in [1.29, 1.82) is 5.26 Å². The second kappa shape index (κ2) is 8.40. The second-order valence-electron chi connectivity index (χ2n) is 8.09. The molecule has 1 spiro atoms. The molecule has 3 aromatic rings. The average Bonchev–Trinajstić information content (AvgIpc) is 3.34. The van der Waals surface area contributed by atoms with Crippen LogP contribution in [0.15, 0.2) is 55.2 Å². The molecule has 9 heteroatoms. The van der Waals surface area contributed by atoms with Crippen molar-refractivity contribution in [2.24, 2.45) is 0 Å². The number of hydrogen-bond acceptors (Lipinski definition) is 7. The molecule has 1 atom stereocenters. The summed E-state index contributed by atoms with van der Waals surface area (Å²) in [6, 6.07) is 9.52. The first kappa shape index (κ1) is 20.2. The third-order valence-electron chi connectivity index (χ3n) is 6.11. The van der Waals surface area contributed by atoms with Gasteiger partial charge in [-0.2, -0.15) is 5.26 Å². The molecule has 5 heterocycles. The molecule has 1 N–H and O–H groups in total. The van der Waals surface area contributed by atoms with Crippen molar-refractivity contribution in [2.75, 3.05) is 18.0 Å². The van der Waals surface area contributed by atoms with Crippen molar-refractivity contribution < 1.29 is 9.53 Å². The van der Waals surface area contributed by atoms with Crippen LogP contribution in [0.3, 0.4) is 0 Å². The van der Waals surface area contributed by atoms with Crippen LogP contribution in [0, 0.1) is 11.3 Å². The predicted octanol–water partition coefficient (Wildman–Crippen LogP) is 1.76. The van der Waals surface area contributed by atoms with Crippen molar-refractivity contribution >= 4 is 11.7 Å².